The molecule has 1 fully saturated rings. The molecule has 2 aromatic carbocycles. The van der Waals surface area contributed by atoms with E-state index in [0.717, 1.165) is 16.7 Å². The van der Waals surface area contributed by atoms with E-state index in [1.807, 2.05) is 36.4 Å². The Balaban J connectivity index is 1.43. The third kappa shape index (κ3) is 8.09. The lowest BCUT2D eigenvalue weighted by molar-refractivity contribution is -0.245. The van der Waals surface area contributed by atoms with E-state index in [-0.39, 0.29) is 44.0 Å². The Morgan fingerprint density at radius 3 is 2.35 bits per heavy atom. The third-order valence-corrected chi connectivity index (χ3v) is 6.82. The van der Waals surface area contributed by atoms with Crippen molar-refractivity contribution >= 4 is 29.3 Å². The predicted molar refractivity (Wildman–Crippen MR) is 138 cm³/mol. The molecule has 0 spiro atoms. The molecule has 0 saturated carbocycles. The van der Waals surface area contributed by atoms with Gasteiger partial charge in [0.15, 0.2) is 11.4 Å². The van der Waals surface area contributed by atoms with Gasteiger partial charge in [-0.3, -0.25) is 9.59 Å². The minimum absolute atomic E-state index is 0.0175. The molecule has 9 nitrogen and oxygen atoms in total. The number of carboxylic acid groups (broad SMARTS) is 1. The molecule has 1 amide bonds. The average Bonchev–Trinajstić information content (AvgIpc) is 2.92. The van der Waals surface area contributed by atoms with Crippen molar-refractivity contribution in [2.45, 2.75) is 55.9 Å². The Bertz CT molecular complexity index is 1160. The number of hydrogen-bond acceptors (Lipinski definition) is 8. The summed E-state index contributed by atoms with van der Waals surface area (Å²) in [6, 6.07) is 16.7. The first-order valence-electron chi connectivity index (χ1n) is 12.0. The van der Waals surface area contributed by atoms with Gasteiger partial charge in [-0.05, 0) is 35.7 Å². The Morgan fingerprint density at radius 1 is 0.973 bits per heavy atom. The second-order valence-electron chi connectivity index (χ2n) is 8.61. The number of aromatic nitrogens is 2. The minimum Gasteiger partial charge on any atom is -0.481 e. The van der Waals surface area contributed by atoms with Crippen LogP contribution in [0.15, 0.2) is 72.1 Å². The number of nitrogens with one attached hydrogen (secondary N) is 1. The van der Waals surface area contributed by atoms with Crippen LogP contribution < -0.4 is 5.32 Å². The van der Waals surface area contributed by atoms with Crippen LogP contribution in [-0.4, -0.2) is 43.9 Å². The topological polar surface area (TPSA) is 131 Å². The van der Waals surface area contributed by atoms with Gasteiger partial charge in [-0.1, -0.05) is 48.2 Å². The summed E-state index contributed by atoms with van der Waals surface area (Å²) in [5.74, 6) is -0.495. The number of nitrogens with zero attached hydrogens (tertiary/aromatic N) is 2. The van der Waals surface area contributed by atoms with Gasteiger partial charge in [0, 0.05) is 48.7 Å². The summed E-state index contributed by atoms with van der Waals surface area (Å²) in [6.07, 6.45) is 3.52. The number of rotatable bonds is 11. The number of amides is 1. The molecule has 3 atom stereocenters. The maximum atomic E-state index is 12.1. The van der Waals surface area contributed by atoms with Crippen LogP contribution in [0.2, 0.25) is 0 Å². The highest BCUT2D eigenvalue weighted by Gasteiger charge is 2.32. The molecule has 3 N–H and O–H groups in total. The summed E-state index contributed by atoms with van der Waals surface area (Å²) in [4.78, 5) is 31.3. The minimum atomic E-state index is -0.916. The van der Waals surface area contributed by atoms with Crippen molar-refractivity contribution in [2.75, 3.05) is 11.1 Å². The van der Waals surface area contributed by atoms with Crippen LogP contribution >= 0.6 is 11.8 Å². The molecule has 194 valence electrons. The van der Waals surface area contributed by atoms with Crippen molar-refractivity contribution in [3.63, 3.8) is 0 Å². The molecule has 1 aliphatic heterocycles. The monoisotopic (exact) mass is 523 g/mol. The van der Waals surface area contributed by atoms with Crippen LogP contribution in [0.4, 0.5) is 5.69 Å². The number of aliphatic hydroxyl groups excluding tert-OH is 1. The number of carboxylic acids is 1. The lowest BCUT2D eigenvalue weighted by atomic mass is 10.0. The molecule has 1 aromatic heterocycles. The molecule has 3 aromatic rings. The largest absolute Gasteiger partial charge is 0.481 e. The second-order valence-corrected chi connectivity index (χ2v) is 9.60. The first kappa shape index (κ1) is 26.7. The zero-order valence-corrected chi connectivity index (χ0v) is 21.0. The Kier molecular flexibility index (Phi) is 9.61. The highest BCUT2D eigenvalue weighted by atomic mass is 32.2. The smallest absolute Gasteiger partial charge is 0.303 e. The molecule has 0 bridgehead atoms. The Morgan fingerprint density at radius 2 is 1.68 bits per heavy atom. The van der Waals surface area contributed by atoms with E-state index >= 15 is 0 Å². The summed E-state index contributed by atoms with van der Waals surface area (Å²) in [5, 5.41) is 21.6. The van der Waals surface area contributed by atoms with Gasteiger partial charge in [0.25, 0.3) is 0 Å². The van der Waals surface area contributed by atoms with Crippen molar-refractivity contribution in [1.82, 2.24) is 9.97 Å². The van der Waals surface area contributed by atoms with E-state index in [4.69, 9.17) is 14.6 Å². The number of thioether (sulfide) groups is 1. The van der Waals surface area contributed by atoms with Crippen LogP contribution in [0, 0.1) is 0 Å². The summed E-state index contributed by atoms with van der Waals surface area (Å²) in [6.45, 7) is -0.0175. The van der Waals surface area contributed by atoms with Crippen LogP contribution in [0.3, 0.4) is 0 Å². The Labute approximate surface area is 219 Å². The van der Waals surface area contributed by atoms with E-state index < -0.39 is 12.3 Å². The molecule has 37 heavy (non-hydrogen) atoms. The van der Waals surface area contributed by atoms with Crippen LogP contribution in [-0.2, 0) is 25.7 Å². The fraction of sp³-hybridized carbons (Fsp3) is 0.333. The van der Waals surface area contributed by atoms with E-state index in [9.17, 15) is 14.7 Å². The maximum Gasteiger partial charge on any atom is 0.303 e. The molecule has 0 radical (unpaired) electrons. The fourth-order valence-electron chi connectivity index (χ4n) is 3.90. The molecular formula is C27H29N3O6S. The molecule has 1 aliphatic rings. The van der Waals surface area contributed by atoms with Gasteiger partial charge >= 0.3 is 5.97 Å². The second kappa shape index (κ2) is 13.3. The number of aliphatic carboxylic acids is 1. The van der Waals surface area contributed by atoms with Crippen LogP contribution in [0.5, 0.6) is 0 Å². The normalized spacial score (nSPS) is 19.3. The summed E-state index contributed by atoms with van der Waals surface area (Å²) < 4.78 is 12.6. The van der Waals surface area contributed by atoms with Crippen molar-refractivity contribution < 1.29 is 29.3 Å². The van der Waals surface area contributed by atoms with Gasteiger partial charge in [-0.15, -0.1) is 0 Å². The zero-order chi connectivity index (χ0) is 26.0. The number of anilines is 1. The highest BCUT2D eigenvalue weighted by molar-refractivity contribution is 7.99. The predicted octanol–water partition coefficient (Wildman–Crippen LogP) is 4.50. The lowest BCUT2D eigenvalue weighted by Gasteiger charge is -2.36. The molecular weight excluding hydrogens is 494 g/mol. The van der Waals surface area contributed by atoms with Crippen molar-refractivity contribution in [2.24, 2.45) is 0 Å². The third-order valence-electron chi connectivity index (χ3n) is 5.82. The molecule has 0 unspecified atom stereocenters. The number of carbonyl (C=O) groups excluding carboxylic acids is 1. The van der Waals surface area contributed by atoms with Crippen LogP contribution in [0.25, 0.3) is 0 Å². The van der Waals surface area contributed by atoms with E-state index in [1.54, 1.807) is 30.6 Å². The van der Waals surface area contributed by atoms with Gasteiger partial charge in [-0.2, -0.15) is 0 Å². The van der Waals surface area contributed by atoms with Gasteiger partial charge in [-0.25, -0.2) is 9.97 Å². The van der Waals surface area contributed by atoms with Gasteiger partial charge in [0.2, 0.25) is 5.91 Å². The highest BCUT2D eigenvalue weighted by Crippen LogP contribution is 2.39. The number of carbonyl (C=O) groups is 2. The van der Waals surface area contributed by atoms with E-state index in [2.05, 4.69) is 15.3 Å². The summed E-state index contributed by atoms with van der Waals surface area (Å²) >= 11 is 1.52. The maximum absolute atomic E-state index is 12.1. The summed E-state index contributed by atoms with van der Waals surface area (Å²) in [7, 11) is 0. The fourth-order valence-corrected chi connectivity index (χ4v) is 4.72. The molecule has 0 aliphatic carbocycles. The van der Waals surface area contributed by atoms with E-state index in [1.165, 1.54) is 11.8 Å². The van der Waals surface area contributed by atoms with Crippen LogP contribution in [0.1, 0.15) is 54.8 Å². The first-order chi connectivity index (χ1) is 18.0. The first-order valence-corrected chi connectivity index (χ1v) is 13.0. The summed E-state index contributed by atoms with van der Waals surface area (Å²) in [5.41, 5.74) is 3.26. The van der Waals surface area contributed by atoms with Gasteiger partial charge in [0.1, 0.15) is 0 Å². The SMILES string of the molecule is O=C(O)CCCC(=O)Nc1ccc([C@@H]2O[C@H](CSc3ncccn3)C[C@H](c3ccc(CO)cc3)O2)cc1. The standard InChI is InChI=1S/C27H29N3O6S/c31-16-18-5-7-19(8-6-18)23-15-22(17-37-27-28-13-2-14-29-27)35-26(36-23)20-9-11-21(12-10-20)30-24(32)3-1-4-25(33)34/h2,5-14,22-23,26,31H,1,3-4,15-17H2,(H,30,32)(H,33,34)/t22-,23+,26+/m0/s1. The molecule has 2 heterocycles. The van der Waals surface area contributed by atoms with Crippen molar-refractivity contribution in [3.05, 3.63) is 83.7 Å². The molecule has 4 rings (SSSR count). The Hall–Kier alpha value is -3.31. The van der Waals surface area contributed by atoms with E-state index in [0.29, 0.717) is 23.0 Å². The van der Waals surface area contributed by atoms with Crippen molar-refractivity contribution in [3.8, 4) is 0 Å². The quantitative estimate of drug-likeness (QED) is 0.246. The number of aliphatic hydroxyl groups is 1. The number of ether oxygens (including phenoxy) is 2. The van der Waals surface area contributed by atoms with Gasteiger partial charge < -0.3 is 25.0 Å². The van der Waals surface area contributed by atoms with Crippen molar-refractivity contribution in [1.29, 1.82) is 0 Å². The molecule has 1 saturated heterocycles. The lowest BCUT2D eigenvalue weighted by Crippen LogP contribution is -2.31. The van der Waals surface area contributed by atoms with Gasteiger partial charge in [0.05, 0.1) is 18.8 Å². The average molecular weight is 524 g/mol. The zero-order valence-electron chi connectivity index (χ0n) is 20.2. The number of hydrogen-bond donors (Lipinski definition) is 3. The molecule has 10 heteroatoms. The number of benzene rings is 2.